The van der Waals surface area contributed by atoms with Crippen molar-refractivity contribution in [1.82, 2.24) is 0 Å². The SMILES string of the molecule is Cc1cc(=O)oc2cc(OCCCCOc3ccc(/C=C/C(=O)Nc4ccc([N+](=O)[O-])cc4)cc3)ccc12. The van der Waals surface area contributed by atoms with Crippen LogP contribution in [0.25, 0.3) is 17.0 Å². The maximum atomic E-state index is 12.1. The minimum Gasteiger partial charge on any atom is -0.494 e. The van der Waals surface area contributed by atoms with Crippen LogP contribution in [-0.2, 0) is 4.79 Å². The van der Waals surface area contributed by atoms with Gasteiger partial charge in [-0.1, -0.05) is 12.1 Å². The number of amides is 1. The molecule has 1 amide bonds. The van der Waals surface area contributed by atoms with E-state index in [1.54, 1.807) is 12.1 Å². The molecule has 9 heteroatoms. The van der Waals surface area contributed by atoms with Crippen LogP contribution in [0.1, 0.15) is 24.0 Å². The third-order valence-electron chi connectivity index (χ3n) is 5.65. The molecule has 0 bridgehead atoms. The molecular weight excluding hydrogens is 488 g/mol. The lowest BCUT2D eigenvalue weighted by atomic mass is 10.1. The molecule has 1 heterocycles. The van der Waals surface area contributed by atoms with Crippen molar-refractivity contribution in [3.8, 4) is 11.5 Å². The van der Waals surface area contributed by atoms with Crippen LogP contribution in [0.3, 0.4) is 0 Å². The minimum atomic E-state index is -0.495. The average molecular weight is 515 g/mol. The number of unbranched alkanes of at least 4 members (excludes halogenated alkanes) is 1. The summed E-state index contributed by atoms with van der Waals surface area (Å²) in [7, 11) is 0. The molecule has 0 aliphatic rings. The Balaban J connectivity index is 1.16. The fourth-order valence-corrected chi connectivity index (χ4v) is 3.68. The normalized spacial score (nSPS) is 11.0. The average Bonchev–Trinajstić information content (AvgIpc) is 2.90. The molecule has 0 aliphatic carbocycles. The summed E-state index contributed by atoms with van der Waals surface area (Å²) in [6, 6.07) is 19.9. The van der Waals surface area contributed by atoms with Crippen molar-refractivity contribution in [3.05, 3.63) is 111 Å². The van der Waals surface area contributed by atoms with Gasteiger partial charge in [-0.3, -0.25) is 14.9 Å². The van der Waals surface area contributed by atoms with Gasteiger partial charge in [0, 0.05) is 41.4 Å². The van der Waals surface area contributed by atoms with E-state index < -0.39 is 4.92 Å². The number of nitro groups is 1. The third-order valence-corrected chi connectivity index (χ3v) is 5.65. The second kappa shape index (κ2) is 12.4. The van der Waals surface area contributed by atoms with Gasteiger partial charge in [0.2, 0.25) is 5.91 Å². The molecule has 4 aromatic rings. The summed E-state index contributed by atoms with van der Waals surface area (Å²) in [5.74, 6) is 1.03. The zero-order chi connectivity index (χ0) is 26.9. The molecule has 194 valence electrons. The van der Waals surface area contributed by atoms with Crippen LogP contribution in [0.5, 0.6) is 11.5 Å². The minimum absolute atomic E-state index is 0.0393. The number of rotatable bonds is 11. The number of carbonyl (C=O) groups is 1. The molecule has 4 rings (SSSR count). The number of benzene rings is 3. The Hall–Kier alpha value is -4.92. The van der Waals surface area contributed by atoms with E-state index in [1.165, 1.54) is 36.4 Å². The first kappa shape index (κ1) is 26.2. The summed E-state index contributed by atoms with van der Waals surface area (Å²) in [5, 5.41) is 14.2. The summed E-state index contributed by atoms with van der Waals surface area (Å²) in [6.07, 6.45) is 4.65. The molecule has 0 spiro atoms. The van der Waals surface area contributed by atoms with E-state index in [2.05, 4.69) is 5.32 Å². The predicted molar refractivity (Wildman–Crippen MR) is 145 cm³/mol. The Morgan fingerprint density at radius 2 is 1.61 bits per heavy atom. The first-order valence-corrected chi connectivity index (χ1v) is 12.0. The van der Waals surface area contributed by atoms with Crippen molar-refractivity contribution in [2.75, 3.05) is 18.5 Å². The van der Waals surface area contributed by atoms with Gasteiger partial charge in [-0.25, -0.2) is 4.79 Å². The second-order valence-electron chi connectivity index (χ2n) is 8.51. The molecule has 38 heavy (non-hydrogen) atoms. The van der Waals surface area contributed by atoms with Gasteiger partial charge in [-0.05, 0) is 73.4 Å². The van der Waals surface area contributed by atoms with Gasteiger partial charge in [0.05, 0.1) is 18.1 Å². The van der Waals surface area contributed by atoms with Gasteiger partial charge in [-0.15, -0.1) is 0 Å². The fourth-order valence-electron chi connectivity index (χ4n) is 3.68. The number of aryl methyl sites for hydroxylation is 1. The summed E-state index contributed by atoms with van der Waals surface area (Å²) in [6.45, 7) is 2.91. The number of ether oxygens (including phenoxy) is 2. The van der Waals surface area contributed by atoms with Crippen molar-refractivity contribution in [2.24, 2.45) is 0 Å². The van der Waals surface area contributed by atoms with Crippen molar-refractivity contribution in [3.63, 3.8) is 0 Å². The number of nitrogens with zero attached hydrogens (tertiary/aromatic N) is 1. The highest BCUT2D eigenvalue weighted by molar-refractivity contribution is 6.01. The Morgan fingerprint density at radius 1 is 0.947 bits per heavy atom. The Morgan fingerprint density at radius 3 is 2.29 bits per heavy atom. The summed E-state index contributed by atoms with van der Waals surface area (Å²) in [4.78, 5) is 33.9. The molecule has 0 unspecified atom stereocenters. The molecule has 0 fully saturated rings. The lowest BCUT2D eigenvalue weighted by Gasteiger charge is -2.09. The largest absolute Gasteiger partial charge is 0.494 e. The van der Waals surface area contributed by atoms with E-state index >= 15 is 0 Å². The second-order valence-corrected chi connectivity index (χ2v) is 8.51. The van der Waals surface area contributed by atoms with Crippen LogP contribution < -0.4 is 20.4 Å². The maximum absolute atomic E-state index is 12.1. The van der Waals surface area contributed by atoms with Gasteiger partial charge in [0.25, 0.3) is 5.69 Å². The van der Waals surface area contributed by atoms with Gasteiger partial charge in [-0.2, -0.15) is 0 Å². The predicted octanol–water partition coefficient (Wildman–Crippen LogP) is 5.90. The van der Waals surface area contributed by atoms with Crippen LogP contribution in [0.4, 0.5) is 11.4 Å². The molecule has 0 atom stereocenters. The Bertz CT molecular complexity index is 1510. The molecule has 0 saturated carbocycles. The van der Waals surface area contributed by atoms with Crippen LogP contribution in [0.15, 0.2) is 88.1 Å². The number of hydrogen-bond acceptors (Lipinski definition) is 7. The highest BCUT2D eigenvalue weighted by Gasteiger charge is 2.06. The van der Waals surface area contributed by atoms with Crippen LogP contribution >= 0.6 is 0 Å². The Labute approximate surface area is 218 Å². The molecule has 3 aromatic carbocycles. The molecule has 0 saturated heterocycles. The maximum Gasteiger partial charge on any atom is 0.336 e. The fraction of sp³-hybridized carbons (Fsp3) is 0.172. The van der Waals surface area contributed by atoms with Gasteiger partial charge < -0.3 is 19.2 Å². The number of nitro benzene ring substituents is 1. The van der Waals surface area contributed by atoms with Crippen LogP contribution in [0, 0.1) is 17.0 Å². The molecule has 1 N–H and O–H groups in total. The lowest BCUT2D eigenvalue weighted by Crippen LogP contribution is -2.07. The van der Waals surface area contributed by atoms with Crippen molar-refractivity contribution in [2.45, 2.75) is 19.8 Å². The zero-order valence-electron chi connectivity index (χ0n) is 20.7. The van der Waals surface area contributed by atoms with Crippen molar-refractivity contribution in [1.29, 1.82) is 0 Å². The number of carbonyl (C=O) groups excluding carboxylic acids is 1. The van der Waals surface area contributed by atoms with E-state index in [-0.39, 0.29) is 17.2 Å². The smallest absolute Gasteiger partial charge is 0.336 e. The summed E-state index contributed by atoms with van der Waals surface area (Å²) in [5.41, 5.74) is 2.26. The lowest BCUT2D eigenvalue weighted by molar-refractivity contribution is -0.384. The number of fused-ring (bicyclic) bond motifs is 1. The first-order valence-electron chi connectivity index (χ1n) is 12.0. The zero-order valence-corrected chi connectivity index (χ0v) is 20.7. The number of nitrogens with one attached hydrogen (secondary N) is 1. The van der Waals surface area contributed by atoms with Crippen molar-refractivity contribution < 1.29 is 23.6 Å². The summed E-state index contributed by atoms with van der Waals surface area (Å²) >= 11 is 0. The summed E-state index contributed by atoms with van der Waals surface area (Å²) < 4.78 is 16.8. The first-order chi connectivity index (χ1) is 18.4. The highest BCUT2D eigenvalue weighted by atomic mass is 16.6. The molecule has 0 aliphatic heterocycles. The third kappa shape index (κ3) is 7.30. The number of hydrogen-bond donors (Lipinski definition) is 1. The topological polar surface area (TPSA) is 121 Å². The van der Waals surface area contributed by atoms with E-state index in [9.17, 15) is 19.7 Å². The van der Waals surface area contributed by atoms with E-state index in [1.807, 2.05) is 43.3 Å². The van der Waals surface area contributed by atoms with Gasteiger partial charge >= 0.3 is 5.63 Å². The van der Waals surface area contributed by atoms with E-state index in [4.69, 9.17) is 13.9 Å². The van der Waals surface area contributed by atoms with E-state index in [0.29, 0.717) is 30.2 Å². The standard InChI is InChI=1S/C29H26N2O7/c1-20-18-29(33)38-27-19-25(13-14-26(20)27)37-17-3-2-16-36-24-11-4-21(5-12-24)6-15-28(32)30-22-7-9-23(10-8-22)31(34)35/h4-15,18-19H,2-3,16-17H2,1H3,(H,30,32)/b15-6+. The van der Waals surface area contributed by atoms with Crippen molar-refractivity contribution >= 4 is 34.3 Å². The number of non-ortho nitro benzene ring substituents is 1. The quantitative estimate of drug-likeness (QED) is 0.0869. The van der Waals surface area contributed by atoms with E-state index in [0.717, 1.165) is 35.1 Å². The molecule has 9 nitrogen and oxygen atoms in total. The van der Waals surface area contributed by atoms with Crippen LogP contribution in [0.2, 0.25) is 0 Å². The molecular formula is C29H26N2O7. The van der Waals surface area contributed by atoms with Crippen LogP contribution in [-0.4, -0.2) is 24.0 Å². The highest BCUT2D eigenvalue weighted by Crippen LogP contribution is 2.22. The van der Waals surface area contributed by atoms with Gasteiger partial charge in [0.1, 0.15) is 17.1 Å². The molecule has 0 radical (unpaired) electrons. The van der Waals surface area contributed by atoms with Gasteiger partial charge in [0.15, 0.2) is 0 Å². The Kier molecular flexibility index (Phi) is 8.50. The monoisotopic (exact) mass is 514 g/mol. The number of anilines is 1. The molecule has 1 aromatic heterocycles.